The van der Waals surface area contributed by atoms with E-state index in [0.29, 0.717) is 17.4 Å². The number of nitrogens with zero attached hydrogens (tertiary/aromatic N) is 1. The van der Waals surface area contributed by atoms with Crippen LogP contribution < -0.4 is 10.2 Å². The molecule has 0 aliphatic heterocycles. The molecule has 51 heavy (non-hydrogen) atoms. The summed E-state index contributed by atoms with van der Waals surface area (Å²) in [6.07, 6.45) is 39.3. The van der Waals surface area contributed by atoms with Crippen molar-refractivity contribution in [3.8, 4) is 0 Å². The molecule has 0 saturated heterocycles. The number of aliphatic hydroxyl groups is 1. The molecule has 0 aromatic heterocycles. The molecule has 0 aromatic carbocycles. The number of carbonyl (C=O) groups is 1. The van der Waals surface area contributed by atoms with E-state index in [-0.39, 0.29) is 19.1 Å². The van der Waals surface area contributed by atoms with E-state index in [1.165, 1.54) is 116 Å². The lowest BCUT2D eigenvalue weighted by Gasteiger charge is -2.29. The van der Waals surface area contributed by atoms with Crippen molar-refractivity contribution in [2.75, 3.05) is 40.9 Å². The fourth-order valence-corrected chi connectivity index (χ4v) is 6.69. The van der Waals surface area contributed by atoms with Gasteiger partial charge in [-0.1, -0.05) is 160 Å². The summed E-state index contributed by atoms with van der Waals surface area (Å²) >= 11 is 0. The maximum absolute atomic E-state index is 12.8. The van der Waals surface area contributed by atoms with Crippen LogP contribution in [0.5, 0.6) is 0 Å². The molecule has 0 aromatic rings. The largest absolute Gasteiger partial charge is 0.756 e. The Kier molecular flexibility index (Phi) is 34.0. The molecule has 0 radical (unpaired) electrons. The topological polar surface area (TPSA) is 108 Å². The zero-order valence-corrected chi connectivity index (χ0v) is 35.0. The minimum absolute atomic E-state index is 0.00170. The van der Waals surface area contributed by atoms with Gasteiger partial charge in [0.2, 0.25) is 5.91 Å². The number of unbranched alkanes of at least 4 members (excludes halogenated alkanes) is 23. The molecule has 0 saturated carbocycles. The van der Waals surface area contributed by atoms with Crippen LogP contribution in [0.1, 0.15) is 187 Å². The van der Waals surface area contributed by atoms with Gasteiger partial charge >= 0.3 is 0 Å². The number of nitrogens with one attached hydrogen (secondary N) is 1. The summed E-state index contributed by atoms with van der Waals surface area (Å²) in [5, 5.41) is 13.7. The second-order valence-electron chi connectivity index (χ2n) is 15.7. The number of likely N-dealkylation sites (N-methyl/N-ethyl adjacent to an activating group) is 1. The summed E-state index contributed by atoms with van der Waals surface area (Å²) in [6.45, 7) is 4.62. The summed E-state index contributed by atoms with van der Waals surface area (Å²) in [5.74, 6) is -0.207. The van der Waals surface area contributed by atoms with Crippen molar-refractivity contribution in [2.24, 2.45) is 0 Å². The Hall–Kier alpha value is -1.02. The van der Waals surface area contributed by atoms with Crippen molar-refractivity contribution < 1.29 is 32.9 Å². The van der Waals surface area contributed by atoms with E-state index in [2.05, 4.69) is 31.3 Å². The van der Waals surface area contributed by atoms with Crippen molar-refractivity contribution >= 4 is 13.7 Å². The number of amides is 1. The van der Waals surface area contributed by atoms with E-state index in [4.69, 9.17) is 9.05 Å². The number of quaternary nitrogens is 1. The molecule has 1 amide bonds. The number of allylic oxidation sites excluding steroid dienone is 3. The number of rotatable bonds is 38. The van der Waals surface area contributed by atoms with Crippen LogP contribution in [0.4, 0.5) is 0 Å². The second kappa shape index (κ2) is 34.7. The minimum Gasteiger partial charge on any atom is -0.756 e. The first kappa shape index (κ1) is 50.0. The van der Waals surface area contributed by atoms with Gasteiger partial charge in [-0.05, 0) is 44.9 Å². The first-order valence-corrected chi connectivity index (χ1v) is 22.7. The number of hydrogen-bond donors (Lipinski definition) is 2. The van der Waals surface area contributed by atoms with Gasteiger partial charge < -0.3 is 28.8 Å². The Labute approximate surface area is 315 Å². The van der Waals surface area contributed by atoms with Crippen molar-refractivity contribution in [2.45, 2.75) is 199 Å². The molecule has 0 fully saturated rings. The lowest BCUT2D eigenvalue weighted by Crippen LogP contribution is -2.45. The summed E-state index contributed by atoms with van der Waals surface area (Å²) < 4.78 is 23.1. The molecular formula is C42H83N2O6P. The van der Waals surface area contributed by atoms with Crippen molar-refractivity contribution in [3.63, 3.8) is 0 Å². The summed E-state index contributed by atoms with van der Waals surface area (Å²) in [4.78, 5) is 25.2. The van der Waals surface area contributed by atoms with E-state index < -0.39 is 20.0 Å². The molecule has 0 bridgehead atoms. The highest BCUT2D eigenvalue weighted by molar-refractivity contribution is 7.45. The average Bonchev–Trinajstić information content (AvgIpc) is 3.07. The molecule has 0 heterocycles. The zero-order chi connectivity index (χ0) is 37.9. The fraction of sp³-hybridized carbons (Fsp3) is 0.881. The molecule has 9 heteroatoms. The number of aliphatic hydroxyl groups excluding tert-OH is 1. The van der Waals surface area contributed by atoms with E-state index in [9.17, 15) is 19.4 Å². The van der Waals surface area contributed by atoms with Gasteiger partial charge in [0, 0.05) is 6.42 Å². The molecule has 302 valence electrons. The molecule has 0 aliphatic rings. The summed E-state index contributed by atoms with van der Waals surface area (Å²) in [7, 11) is 1.26. The highest BCUT2D eigenvalue weighted by Gasteiger charge is 2.23. The van der Waals surface area contributed by atoms with Crippen LogP contribution >= 0.6 is 7.82 Å². The number of phosphoric ester groups is 1. The highest BCUT2D eigenvalue weighted by atomic mass is 31.2. The Morgan fingerprint density at radius 3 is 1.53 bits per heavy atom. The van der Waals surface area contributed by atoms with Crippen molar-refractivity contribution in [1.29, 1.82) is 0 Å². The molecule has 8 nitrogen and oxygen atoms in total. The van der Waals surface area contributed by atoms with Gasteiger partial charge in [0.1, 0.15) is 13.2 Å². The van der Waals surface area contributed by atoms with Gasteiger partial charge in [-0.2, -0.15) is 0 Å². The monoisotopic (exact) mass is 743 g/mol. The maximum atomic E-state index is 12.8. The van der Waals surface area contributed by atoms with Crippen LogP contribution in [0.2, 0.25) is 0 Å². The standard InChI is InChI=1S/C42H83N2O6P/c1-6-8-10-12-14-16-18-20-22-24-26-28-30-32-34-36-42(46)43-40(39-50-51(47,48)49-38-37-44(3,4)5)41(45)35-33-31-29-27-25-23-21-19-17-15-13-11-9-7-2/h20,22,33,35,40-41,45H,6-19,21,23-32,34,36-39H2,1-5H3,(H-,43,46,47,48)/b22-20+,35-33+/t40-,41+/m0/s1. The van der Waals surface area contributed by atoms with Gasteiger partial charge in [0.25, 0.3) is 7.82 Å². The number of hydrogen-bond acceptors (Lipinski definition) is 6. The van der Waals surface area contributed by atoms with Crippen molar-refractivity contribution in [3.05, 3.63) is 24.3 Å². The zero-order valence-electron chi connectivity index (χ0n) is 34.1. The third kappa shape index (κ3) is 37.1. The Bertz CT molecular complexity index is 891. The maximum Gasteiger partial charge on any atom is 0.268 e. The van der Waals surface area contributed by atoms with Crippen LogP contribution in [-0.4, -0.2) is 68.5 Å². The quantitative estimate of drug-likeness (QED) is 0.0282. The molecule has 0 aliphatic carbocycles. The molecule has 3 atom stereocenters. The van der Waals surface area contributed by atoms with E-state index in [1.54, 1.807) is 6.08 Å². The molecule has 0 spiro atoms. The minimum atomic E-state index is -4.58. The van der Waals surface area contributed by atoms with E-state index in [1.807, 2.05) is 27.2 Å². The van der Waals surface area contributed by atoms with Gasteiger partial charge in [0.05, 0.1) is 39.9 Å². The van der Waals surface area contributed by atoms with Gasteiger partial charge in [-0.15, -0.1) is 0 Å². The first-order valence-electron chi connectivity index (χ1n) is 21.2. The Morgan fingerprint density at radius 1 is 0.667 bits per heavy atom. The highest BCUT2D eigenvalue weighted by Crippen LogP contribution is 2.38. The Morgan fingerprint density at radius 2 is 1.08 bits per heavy atom. The van der Waals surface area contributed by atoms with Crippen LogP contribution in [0.25, 0.3) is 0 Å². The number of carbonyl (C=O) groups excluding carboxylic acids is 1. The summed E-state index contributed by atoms with van der Waals surface area (Å²) in [5.41, 5.74) is 0. The van der Waals surface area contributed by atoms with Crippen molar-refractivity contribution in [1.82, 2.24) is 5.32 Å². The summed E-state index contributed by atoms with van der Waals surface area (Å²) in [6, 6.07) is -0.886. The molecule has 1 unspecified atom stereocenters. The lowest BCUT2D eigenvalue weighted by molar-refractivity contribution is -0.870. The third-order valence-corrected chi connectivity index (χ3v) is 10.4. The van der Waals surface area contributed by atoms with Gasteiger partial charge in [-0.25, -0.2) is 0 Å². The first-order chi connectivity index (χ1) is 24.5. The second-order valence-corrected chi connectivity index (χ2v) is 17.1. The number of phosphoric acid groups is 1. The predicted molar refractivity (Wildman–Crippen MR) is 215 cm³/mol. The molecule has 2 N–H and O–H groups in total. The fourth-order valence-electron chi connectivity index (χ4n) is 5.97. The average molecular weight is 743 g/mol. The predicted octanol–water partition coefficient (Wildman–Crippen LogP) is 10.7. The van der Waals surface area contributed by atoms with E-state index >= 15 is 0 Å². The van der Waals surface area contributed by atoms with Crippen LogP contribution in [-0.2, 0) is 18.4 Å². The normalized spacial score (nSPS) is 14.7. The van der Waals surface area contributed by atoms with Crippen LogP contribution in [0.3, 0.4) is 0 Å². The van der Waals surface area contributed by atoms with Crippen LogP contribution in [0, 0.1) is 0 Å². The SMILES string of the molecule is CCCCCCCC/C=C/CCCCCCCC(=O)N[C@@H](COP(=O)([O-])OCC[N+](C)(C)C)[C@H](O)/C=C/CCCCCCCCCCCCCC. The smallest absolute Gasteiger partial charge is 0.268 e. The molecule has 0 rings (SSSR count). The third-order valence-electron chi connectivity index (χ3n) is 9.41. The van der Waals surface area contributed by atoms with Gasteiger partial charge in [-0.3, -0.25) is 9.36 Å². The van der Waals surface area contributed by atoms with E-state index in [0.717, 1.165) is 51.4 Å². The lowest BCUT2D eigenvalue weighted by atomic mass is 10.0. The van der Waals surface area contributed by atoms with Gasteiger partial charge in [0.15, 0.2) is 0 Å². The Balaban J connectivity index is 4.48. The van der Waals surface area contributed by atoms with Crippen LogP contribution in [0.15, 0.2) is 24.3 Å². The molecular weight excluding hydrogens is 659 g/mol.